The molecule has 2 aromatic heterocycles. The third-order valence-electron chi connectivity index (χ3n) is 3.15. The number of thiophene rings is 1. The Kier molecular flexibility index (Phi) is 3.41. The zero-order chi connectivity index (χ0) is 12.5. The zero-order valence-electron chi connectivity index (χ0n) is 10.3. The van der Waals surface area contributed by atoms with E-state index in [4.69, 9.17) is 11.6 Å². The number of halogens is 1. The maximum Gasteiger partial charge on any atom is 0.0785 e. The van der Waals surface area contributed by atoms with E-state index in [1.165, 1.54) is 28.2 Å². The molecular weight excluding hydrogens is 266 g/mol. The van der Waals surface area contributed by atoms with Gasteiger partial charge in [-0.25, -0.2) is 0 Å². The van der Waals surface area contributed by atoms with Crippen LogP contribution in [-0.4, -0.2) is 15.8 Å². The van der Waals surface area contributed by atoms with Crippen molar-refractivity contribution in [2.75, 3.05) is 0 Å². The second kappa shape index (κ2) is 5.03. The van der Waals surface area contributed by atoms with E-state index >= 15 is 0 Å². The van der Waals surface area contributed by atoms with Crippen LogP contribution in [0.2, 0.25) is 5.02 Å². The third kappa shape index (κ3) is 2.94. The summed E-state index contributed by atoms with van der Waals surface area (Å²) < 4.78 is 1.88. The van der Waals surface area contributed by atoms with Gasteiger partial charge in [0.2, 0.25) is 0 Å². The van der Waals surface area contributed by atoms with Crippen LogP contribution in [0.1, 0.15) is 28.2 Å². The van der Waals surface area contributed by atoms with Crippen molar-refractivity contribution in [3.63, 3.8) is 0 Å². The minimum Gasteiger partial charge on any atom is -0.309 e. The van der Waals surface area contributed by atoms with Crippen LogP contribution in [0.15, 0.2) is 18.5 Å². The van der Waals surface area contributed by atoms with Crippen molar-refractivity contribution in [1.29, 1.82) is 0 Å². The summed E-state index contributed by atoms with van der Waals surface area (Å²) in [5.74, 6) is 0. The molecule has 1 N–H and O–H groups in total. The maximum absolute atomic E-state index is 5.87. The molecule has 2 heterocycles. The van der Waals surface area contributed by atoms with E-state index in [1.807, 2.05) is 22.2 Å². The van der Waals surface area contributed by atoms with Crippen molar-refractivity contribution in [3.05, 3.63) is 38.8 Å². The van der Waals surface area contributed by atoms with Gasteiger partial charge in [-0.1, -0.05) is 11.6 Å². The summed E-state index contributed by atoms with van der Waals surface area (Å²) in [5.41, 5.74) is 1.34. The molecule has 0 aliphatic heterocycles. The van der Waals surface area contributed by atoms with E-state index in [0.717, 1.165) is 19.1 Å². The zero-order valence-corrected chi connectivity index (χ0v) is 11.9. The van der Waals surface area contributed by atoms with E-state index in [-0.39, 0.29) is 0 Å². The molecule has 1 aliphatic carbocycles. The number of nitrogens with one attached hydrogen (secondary N) is 1. The number of hydrogen-bond donors (Lipinski definition) is 1. The molecule has 1 fully saturated rings. The van der Waals surface area contributed by atoms with E-state index in [9.17, 15) is 0 Å². The lowest BCUT2D eigenvalue weighted by Gasteiger charge is -2.00. The van der Waals surface area contributed by atoms with Gasteiger partial charge in [0.05, 0.1) is 17.8 Å². The van der Waals surface area contributed by atoms with Crippen molar-refractivity contribution in [2.45, 2.75) is 38.9 Å². The van der Waals surface area contributed by atoms with Crippen molar-refractivity contribution >= 4 is 22.9 Å². The van der Waals surface area contributed by atoms with E-state index in [1.54, 1.807) is 6.20 Å². The lowest BCUT2D eigenvalue weighted by Crippen LogP contribution is -2.14. The summed E-state index contributed by atoms with van der Waals surface area (Å²) in [5, 5.41) is 8.46. The first-order valence-corrected chi connectivity index (χ1v) is 7.39. The fraction of sp³-hybridized carbons (Fsp3) is 0.462. The summed E-state index contributed by atoms with van der Waals surface area (Å²) in [4.78, 5) is 2.78. The van der Waals surface area contributed by atoms with Gasteiger partial charge in [0.25, 0.3) is 0 Å². The van der Waals surface area contributed by atoms with Gasteiger partial charge in [0, 0.05) is 28.5 Å². The Balaban J connectivity index is 1.67. The number of aryl methyl sites for hydroxylation is 1. The Bertz CT molecular complexity index is 542. The topological polar surface area (TPSA) is 29.9 Å². The van der Waals surface area contributed by atoms with Crippen LogP contribution < -0.4 is 5.32 Å². The molecule has 1 saturated carbocycles. The summed E-state index contributed by atoms with van der Waals surface area (Å²) in [6.07, 6.45) is 6.21. The summed E-state index contributed by atoms with van der Waals surface area (Å²) in [6.45, 7) is 3.97. The van der Waals surface area contributed by atoms with Gasteiger partial charge in [0.1, 0.15) is 0 Å². The molecule has 0 saturated heterocycles. The van der Waals surface area contributed by atoms with Gasteiger partial charge < -0.3 is 5.32 Å². The molecule has 2 aromatic rings. The number of aromatic nitrogens is 2. The van der Waals surface area contributed by atoms with Crippen LogP contribution in [0.25, 0.3) is 0 Å². The first-order chi connectivity index (χ1) is 8.70. The first kappa shape index (κ1) is 12.2. The Labute approximate surface area is 116 Å². The molecule has 3 nitrogen and oxygen atoms in total. The Morgan fingerprint density at radius 2 is 2.39 bits per heavy atom. The fourth-order valence-electron chi connectivity index (χ4n) is 1.96. The van der Waals surface area contributed by atoms with Gasteiger partial charge in [0.15, 0.2) is 0 Å². The van der Waals surface area contributed by atoms with E-state index in [2.05, 4.69) is 23.4 Å². The molecule has 96 valence electrons. The second-order valence-electron chi connectivity index (χ2n) is 4.81. The molecular formula is C13H16ClN3S. The minimum atomic E-state index is 0.693. The lowest BCUT2D eigenvalue weighted by atomic mass is 10.2. The molecule has 0 spiro atoms. The molecule has 0 amide bonds. The van der Waals surface area contributed by atoms with Crippen LogP contribution in [0.5, 0.6) is 0 Å². The maximum atomic E-state index is 5.87. The summed E-state index contributed by atoms with van der Waals surface area (Å²) >= 11 is 7.75. The summed E-state index contributed by atoms with van der Waals surface area (Å²) in [6, 6.07) is 3.05. The summed E-state index contributed by atoms with van der Waals surface area (Å²) in [7, 11) is 0. The minimum absolute atomic E-state index is 0.693. The van der Waals surface area contributed by atoms with E-state index < -0.39 is 0 Å². The molecule has 0 bridgehead atoms. The number of rotatable bonds is 5. The highest BCUT2D eigenvalue weighted by Gasteiger charge is 2.20. The van der Waals surface area contributed by atoms with Crippen molar-refractivity contribution < 1.29 is 0 Å². The fourth-order valence-corrected chi connectivity index (χ4v) is 3.12. The molecule has 0 unspecified atom stereocenters. The molecule has 3 rings (SSSR count). The SMILES string of the molecule is Cc1sc(CNC2CC2)cc1Cn1cc(Cl)cn1. The smallest absolute Gasteiger partial charge is 0.0785 e. The largest absolute Gasteiger partial charge is 0.309 e. The first-order valence-electron chi connectivity index (χ1n) is 6.20. The van der Waals surface area contributed by atoms with Crippen LogP contribution in [0, 0.1) is 6.92 Å². The standard InChI is InChI=1S/C13H16ClN3S/c1-9-10(7-17-8-11(14)5-16-17)4-13(18-9)6-15-12-2-3-12/h4-5,8,12,15H,2-3,6-7H2,1H3. The average molecular weight is 282 g/mol. The number of nitrogens with zero attached hydrogens (tertiary/aromatic N) is 2. The monoisotopic (exact) mass is 281 g/mol. The predicted molar refractivity (Wildman–Crippen MR) is 75.3 cm³/mol. The van der Waals surface area contributed by atoms with Gasteiger partial charge in [-0.15, -0.1) is 11.3 Å². The molecule has 0 radical (unpaired) electrons. The van der Waals surface area contributed by atoms with Gasteiger partial charge in [-0.2, -0.15) is 5.10 Å². The van der Waals surface area contributed by atoms with Gasteiger partial charge in [-0.05, 0) is 31.4 Å². The lowest BCUT2D eigenvalue weighted by molar-refractivity contribution is 0.681. The van der Waals surface area contributed by atoms with Crippen LogP contribution in [-0.2, 0) is 13.1 Å². The highest BCUT2D eigenvalue weighted by Crippen LogP contribution is 2.25. The van der Waals surface area contributed by atoms with Crippen LogP contribution in [0.4, 0.5) is 0 Å². The normalized spacial score (nSPS) is 15.2. The average Bonchev–Trinajstić information content (AvgIpc) is 2.99. The van der Waals surface area contributed by atoms with E-state index in [0.29, 0.717) is 5.02 Å². The molecule has 0 atom stereocenters. The van der Waals surface area contributed by atoms with Crippen molar-refractivity contribution in [1.82, 2.24) is 15.1 Å². The Morgan fingerprint density at radius 3 is 3.06 bits per heavy atom. The van der Waals surface area contributed by atoms with Crippen molar-refractivity contribution in [2.24, 2.45) is 0 Å². The Morgan fingerprint density at radius 1 is 1.56 bits per heavy atom. The second-order valence-corrected chi connectivity index (χ2v) is 6.58. The highest BCUT2D eigenvalue weighted by atomic mass is 35.5. The molecule has 0 aromatic carbocycles. The van der Waals surface area contributed by atoms with Crippen LogP contribution >= 0.6 is 22.9 Å². The number of hydrogen-bond acceptors (Lipinski definition) is 3. The van der Waals surface area contributed by atoms with Crippen LogP contribution in [0.3, 0.4) is 0 Å². The molecule has 5 heteroatoms. The van der Waals surface area contributed by atoms with Gasteiger partial charge in [-0.3, -0.25) is 4.68 Å². The van der Waals surface area contributed by atoms with Crippen molar-refractivity contribution in [3.8, 4) is 0 Å². The molecule has 18 heavy (non-hydrogen) atoms. The highest BCUT2D eigenvalue weighted by molar-refractivity contribution is 7.12. The quantitative estimate of drug-likeness (QED) is 0.912. The predicted octanol–water partition coefficient (Wildman–Crippen LogP) is 3.21. The molecule has 1 aliphatic rings. The Hall–Kier alpha value is -0.840. The third-order valence-corrected chi connectivity index (χ3v) is 4.44. The van der Waals surface area contributed by atoms with Gasteiger partial charge >= 0.3 is 0 Å².